The molecule has 0 amide bonds. The summed E-state index contributed by atoms with van der Waals surface area (Å²) in [6.07, 6.45) is 5.11. The Morgan fingerprint density at radius 2 is 2.44 bits per heavy atom. The van der Waals surface area contributed by atoms with E-state index in [1.165, 1.54) is 0 Å². The zero-order chi connectivity index (χ0) is 11.4. The highest BCUT2D eigenvalue weighted by atomic mass is 16.5. The number of rotatable bonds is 5. The van der Waals surface area contributed by atoms with Crippen LogP contribution in [0.5, 0.6) is 0 Å². The normalized spacial score (nSPS) is 22.5. The lowest BCUT2D eigenvalue weighted by Crippen LogP contribution is -2.12. The van der Waals surface area contributed by atoms with E-state index in [1.54, 1.807) is 0 Å². The van der Waals surface area contributed by atoms with Crippen LogP contribution in [0.4, 0.5) is 0 Å². The molecule has 0 bridgehead atoms. The second-order valence-corrected chi connectivity index (χ2v) is 4.28. The van der Waals surface area contributed by atoms with Crippen LogP contribution in [0.2, 0.25) is 0 Å². The van der Waals surface area contributed by atoms with Crippen molar-refractivity contribution in [2.75, 3.05) is 6.61 Å². The minimum atomic E-state index is -0.129. The summed E-state index contributed by atoms with van der Waals surface area (Å²) in [6, 6.07) is -0.129. The minimum Gasteiger partial charge on any atom is -0.378 e. The molecule has 2 atom stereocenters. The smallest absolute Gasteiger partial charge is 0.243 e. The highest BCUT2D eigenvalue weighted by molar-refractivity contribution is 4.93. The maximum Gasteiger partial charge on any atom is 0.243 e. The molecule has 0 aliphatic carbocycles. The molecular formula is C11H19N3O2. The second kappa shape index (κ2) is 5.41. The van der Waals surface area contributed by atoms with E-state index in [4.69, 9.17) is 15.0 Å². The molecule has 1 fully saturated rings. The molecule has 1 saturated heterocycles. The number of nitrogens with zero attached hydrogens (tertiary/aromatic N) is 2. The Hall–Kier alpha value is -0.940. The third-order valence-corrected chi connectivity index (χ3v) is 2.83. The van der Waals surface area contributed by atoms with Crippen molar-refractivity contribution in [3.8, 4) is 0 Å². The first-order valence-corrected chi connectivity index (χ1v) is 5.99. The summed E-state index contributed by atoms with van der Waals surface area (Å²) in [5, 5.41) is 3.94. The summed E-state index contributed by atoms with van der Waals surface area (Å²) in [6.45, 7) is 2.94. The quantitative estimate of drug-likeness (QED) is 0.823. The van der Waals surface area contributed by atoms with E-state index in [2.05, 4.69) is 17.1 Å². The average molecular weight is 225 g/mol. The van der Waals surface area contributed by atoms with Gasteiger partial charge >= 0.3 is 0 Å². The Morgan fingerprint density at radius 1 is 1.56 bits per heavy atom. The maximum atomic E-state index is 5.90. The summed E-state index contributed by atoms with van der Waals surface area (Å²) in [5.41, 5.74) is 5.90. The largest absolute Gasteiger partial charge is 0.378 e. The summed E-state index contributed by atoms with van der Waals surface area (Å²) in [5.74, 6) is 1.27. The van der Waals surface area contributed by atoms with E-state index in [1.807, 2.05) is 0 Å². The third-order valence-electron chi connectivity index (χ3n) is 2.83. The molecule has 0 aromatic carbocycles. The van der Waals surface area contributed by atoms with E-state index < -0.39 is 0 Å². The number of aromatic nitrogens is 2. The standard InChI is InChI=1S/C11H19N3O2/c1-2-4-9(12)11-13-10(14-16-11)7-8-5-3-6-15-8/h8-9H,2-7,12H2,1H3. The van der Waals surface area contributed by atoms with Gasteiger partial charge in [-0.05, 0) is 19.3 Å². The van der Waals surface area contributed by atoms with Crippen LogP contribution in [0.25, 0.3) is 0 Å². The van der Waals surface area contributed by atoms with Gasteiger partial charge in [0.15, 0.2) is 5.82 Å². The van der Waals surface area contributed by atoms with Crippen molar-refractivity contribution in [1.82, 2.24) is 10.1 Å². The highest BCUT2D eigenvalue weighted by Gasteiger charge is 2.20. The van der Waals surface area contributed by atoms with Gasteiger partial charge in [-0.25, -0.2) is 0 Å². The van der Waals surface area contributed by atoms with Gasteiger partial charge < -0.3 is 15.0 Å². The summed E-state index contributed by atoms with van der Waals surface area (Å²) < 4.78 is 10.7. The van der Waals surface area contributed by atoms with Crippen molar-refractivity contribution in [2.24, 2.45) is 5.73 Å². The van der Waals surface area contributed by atoms with Crippen LogP contribution >= 0.6 is 0 Å². The van der Waals surface area contributed by atoms with Gasteiger partial charge in [-0.2, -0.15) is 4.98 Å². The zero-order valence-electron chi connectivity index (χ0n) is 9.69. The number of ether oxygens (including phenoxy) is 1. The van der Waals surface area contributed by atoms with Gasteiger partial charge in [0.2, 0.25) is 5.89 Å². The van der Waals surface area contributed by atoms with E-state index in [0.29, 0.717) is 11.7 Å². The van der Waals surface area contributed by atoms with Gasteiger partial charge in [-0.3, -0.25) is 0 Å². The van der Waals surface area contributed by atoms with Crippen LogP contribution < -0.4 is 5.73 Å². The van der Waals surface area contributed by atoms with Crippen molar-refractivity contribution >= 4 is 0 Å². The lowest BCUT2D eigenvalue weighted by atomic mass is 10.1. The van der Waals surface area contributed by atoms with Crippen LogP contribution in [-0.2, 0) is 11.2 Å². The van der Waals surface area contributed by atoms with E-state index in [0.717, 1.165) is 38.7 Å². The molecule has 0 spiro atoms. The molecule has 2 heterocycles. The van der Waals surface area contributed by atoms with Crippen LogP contribution in [0, 0.1) is 0 Å². The highest BCUT2D eigenvalue weighted by Crippen LogP contribution is 2.18. The fraction of sp³-hybridized carbons (Fsp3) is 0.818. The second-order valence-electron chi connectivity index (χ2n) is 4.28. The summed E-state index contributed by atoms with van der Waals surface area (Å²) in [4.78, 5) is 4.31. The molecule has 5 heteroatoms. The first-order chi connectivity index (χ1) is 7.79. The predicted molar refractivity (Wildman–Crippen MR) is 58.8 cm³/mol. The van der Waals surface area contributed by atoms with Gasteiger partial charge in [-0.1, -0.05) is 18.5 Å². The fourth-order valence-electron chi connectivity index (χ4n) is 1.94. The topological polar surface area (TPSA) is 74.2 Å². The van der Waals surface area contributed by atoms with Gasteiger partial charge in [0.1, 0.15) is 0 Å². The predicted octanol–water partition coefficient (Wildman–Crippen LogP) is 1.59. The molecule has 2 rings (SSSR count). The monoisotopic (exact) mass is 225 g/mol. The van der Waals surface area contributed by atoms with Gasteiger partial charge in [0.05, 0.1) is 12.1 Å². The third kappa shape index (κ3) is 2.80. The van der Waals surface area contributed by atoms with Crippen LogP contribution in [0.15, 0.2) is 4.52 Å². The van der Waals surface area contributed by atoms with E-state index >= 15 is 0 Å². The molecule has 0 radical (unpaired) electrons. The molecule has 16 heavy (non-hydrogen) atoms. The maximum absolute atomic E-state index is 5.90. The molecule has 2 N–H and O–H groups in total. The molecule has 1 aliphatic heterocycles. The first kappa shape index (κ1) is 11.5. The molecule has 2 unspecified atom stereocenters. The lowest BCUT2D eigenvalue weighted by Gasteiger charge is -2.04. The van der Waals surface area contributed by atoms with Crippen molar-refractivity contribution in [3.63, 3.8) is 0 Å². The number of hydrogen-bond acceptors (Lipinski definition) is 5. The Balaban J connectivity index is 1.90. The van der Waals surface area contributed by atoms with Gasteiger partial charge in [-0.15, -0.1) is 0 Å². The van der Waals surface area contributed by atoms with Crippen LogP contribution in [-0.4, -0.2) is 22.9 Å². The Labute approximate surface area is 95.3 Å². The SMILES string of the molecule is CCCC(N)c1nc(CC2CCCO2)no1. The van der Waals surface area contributed by atoms with Crippen molar-refractivity contribution in [1.29, 1.82) is 0 Å². The van der Waals surface area contributed by atoms with E-state index in [9.17, 15) is 0 Å². The van der Waals surface area contributed by atoms with Crippen molar-refractivity contribution in [3.05, 3.63) is 11.7 Å². The van der Waals surface area contributed by atoms with Crippen molar-refractivity contribution < 1.29 is 9.26 Å². The fourth-order valence-corrected chi connectivity index (χ4v) is 1.94. The van der Waals surface area contributed by atoms with Gasteiger partial charge in [0, 0.05) is 13.0 Å². The Morgan fingerprint density at radius 3 is 3.12 bits per heavy atom. The van der Waals surface area contributed by atoms with Crippen LogP contribution in [0.1, 0.15) is 50.4 Å². The minimum absolute atomic E-state index is 0.129. The average Bonchev–Trinajstić information content (AvgIpc) is 2.90. The lowest BCUT2D eigenvalue weighted by molar-refractivity contribution is 0.109. The number of nitrogens with two attached hydrogens (primary N) is 1. The molecular weight excluding hydrogens is 206 g/mol. The van der Waals surface area contributed by atoms with E-state index in [-0.39, 0.29) is 12.1 Å². The molecule has 5 nitrogen and oxygen atoms in total. The van der Waals surface area contributed by atoms with Gasteiger partial charge in [0.25, 0.3) is 0 Å². The molecule has 0 saturated carbocycles. The summed E-state index contributed by atoms with van der Waals surface area (Å²) >= 11 is 0. The molecule has 90 valence electrons. The molecule has 1 aromatic heterocycles. The zero-order valence-corrected chi connectivity index (χ0v) is 9.69. The number of hydrogen-bond donors (Lipinski definition) is 1. The molecule has 1 aromatic rings. The van der Waals surface area contributed by atoms with Crippen molar-refractivity contribution in [2.45, 2.75) is 51.2 Å². The molecule has 1 aliphatic rings. The Kier molecular flexibility index (Phi) is 3.90. The first-order valence-electron chi connectivity index (χ1n) is 5.99. The summed E-state index contributed by atoms with van der Waals surface area (Å²) in [7, 11) is 0. The Bertz CT molecular complexity index is 321. The van der Waals surface area contributed by atoms with Crippen LogP contribution in [0.3, 0.4) is 0 Å².